The average Bonchev–Trinajstić information content (AvgIpc) is 3.86. The van der Waals surface area contributed by atoms with Crippen LogP contribution in [-0.4, -0.2) is 13.1 Å². The Bertz CT molecular complexity index is 3420. The van der Waals surface area contributed by atoms with Gasteiger partial charge in [0.25, 0.3) is 0 Å². The highest BCUT2D eigenvalue weighted by molar-refractivity contribution is 6.36. The van der Waals surface area contributed by atoms with Gasteiger partial charge in [-0.15, -0.1) is 0 Å². The first kappa shape index (κ1) is 25.7. The second-order valence-corrected chi connectivity index (χ2v) is 19.3. The van der Waals surface area contributed by atoms with Crippen molar-refractivity contribution in [2.45, 2.75) is 36.0 Å². The van der Waals surface area contributed by atoms with E-state index < -0.39 is 0 Å². The van der Waals surface area contributed by atoms with Crippen molar-refractivity contribution in [3.8, 4) is 0 Å². The molecule has 0 heterocycles. The lowest BCUT2D eigenvalue weighted by Gasteiger charge is -2.39. The summed E-state index contributed by atoms with van der Waals surface area (Å²) in [5, 5.41) is 14.5. The first-order valence-electron chi connectivity index (χ1n) is 20.7. The molecule has 11 atom stereocenters. The van der Waals surface area contributed by atoms with Crippen molar-refractivity contribution in [3.63, 3.8) is 0 Å². The third kappa shape index (κ3) is 1.83. The number of esters is 1. The SMILES string of the molecule is COC(=O)CCCC1(c2ccccc2)C23C4=C5C=CC6C7C5=C2c2c5c8c9c2c2c%10c(ccc%11c%12c(c9c%11%10)C9C=8C8C(C=CC6C8C=57)C9C=C%12)=C(C=C4)C231. The summed E-state index contributed by atoms with van der Waals surface area (Å²) in [5.41, 5.74) is 19.2. The van der Waals surface area contributed by atoms with Crippen LogP contribution in [-0.2, 0) is 20.4 Å². The lowest BCUT2D eigenvalue weighted by Crippen LogP contribution is -2.44. The Morgan fingerprint density at radius 1 is 0.722 bits per heavy atom. The molecule has 2 spiro atoms. The summed E-state index contributed by atoms with van der Waals surface area (Å²) < 4.78 is 5.31. The first-order valence-corrected chi connectivity index (χ1v) is 20.7. The Labute approximate surface area is 310 Å². The molecule has 0 saturated heterocycles. The largest absolute Gasteiger partial charge is 0.469 e. The van der Waals surface area contributed by atoms with Crippen molar-refractivity contribution in [1.82, 2.24) is 0 Å². The third-order valence-electron chi connectivity index (χ3n) is 18.9. The summed E-state index contributed by atoms with van der Waals surface area (Å²) in [6.07, 6.45) is 23.4. The van der Waals surface area contributed by atoms with Crippen molar-refractivity contribution in [3.05, 3.63) is 145 Å². The van der Waals surface area contributed by atoms with E-state index in [0.29, 0.717) is 53.8 Å². The van der Waals surface area contributed by atoms with E-state index in [2.05, 4.69) is 91.1 Å². The van der Waals surface area contributed by atoms with Crippen LogP contribution in [0.5, 0.6) is 0 Å². The summed E-state index contributed by atoms with van der Waals surface area (Å²) in [5.74, 6) is 4.35. The minimum atomic E-state index is -0.219. The zero-order valence-electron chi connectivity index (χ0n) is 29.7. The Morgan fingerprint density at radius 2 is 1.52 bits per heavy atom. The number of benzene rings is 3. The number of fused-ring (bicyclic) bond motifs is 3. The number of allylic oxidation sites excluding steroid dienone is 11. The van der Waals surface area contributed by atoms with Crippen molar-refractivity contribution in [2.24, 2.45) is 46.8 Å². The molecule has 13 aliphatic rings. The van der Waals surface area contributed by atoms with Gasteiger partial charge in [-0.25, -0.2) is 0 Å². The number of hydrogen-bond donors (Lipinski definition) is 0. The summed E-state index contributed by atoms with van der Waals surface area (Å²) >= 11 is 0. The number of carbonyl (C=O) groups excluding carboxylic acids is 1. The van der Waals surface area contributed by atoms with Gasteiger partial charge in [0, 0.05) is 34.5 Å². The van der Waals surface area contributed by atoms with Crippen LogP contribution in [0, 0.1) is 46.8 Å². The minimum Gasteiger partial charge on any atom is -0.469 e. The van der Waals surface area contributed by atoms with Gasteiger partial charge in [0.15, 0.2) is 0 Å². The second-order valence-electron chi connectivity index (χ2n) is 19.3. The first-order chi connectivity index (χ1) is 26.7. The maximum Gasteiger partial charge on any atom is 0.305 e. The Morgan fingerprint density at radius 3 is 2.37 bits per heavy atom. The third-order valence-corrected chi connectivity index (χ3v) is 18.9. The molecule has 11 unspecified atom stereocenters. The van der Waals surface area contributed by atoms with E-state index in [1.54, 1.807) is 89.0 Å². The average molecular weight is 689 g/mol. The van der Waals surface area contributed by atoms with Crippen molar-refractivity contribution >= 4 is 66.7 Å². The monoisotopic (exact) mass is 688 g/mol. The molecule has 0 bridgehead atoms. The second kappa shape index (κ2) is 7.05. The van der Waals surface area contributed by atoms with Gasteiger partial charge in [-0.3, -0.25) is 4.79 Å². The number of carbonyl (C=O) groups is 1. The van der Waals surface area contributed by atoms with Gasteiger partial charge in [0.1, 0.15) is 0 Å². The van der Waals surface area contributed by atoms with Crippen molar-refractivity contribution < 1.29 is 9.53 Å². The van der Waals surface area contributed by atoms with Crippen molar-refractivity contribution in [1.29, 1.82) is 0 Å². The topological polar surface area (TPSA) is 26.3 Å². The molecule has 0 N–H and O–H groups in total. The molecule has 5 aromatic carbocycles. The Balaban J connectivity index is 1.16. The van der Waals surface area contributed by atoms with E-state index in [9.17, 15) is 4.79 Å². The molecule has 0 radical (unpaired) electrons. The summed E-state index contributed by atoms with van der Waals surface area (Å²) in [6.45, 7) is 0. The Hall–Kier alpha value is -5.21. The quantitative estimate of drug-likeness (QED) is 0.141. The van der Waals surface area contributed by atoms with Gasteiger partial charge in [0.05, 0.1) is 7.11 Å². The van der Waals surface area contributed by atoms with Gasteiger partial charge < -0.3 is 4.74 Å². The fourth-order valence-electron chi connectivity index (χ4n) is 18.4. The van der Waals surface area contributed by atoms with Crippen LogP contribution < -0.4 is 15.7 Å². The number of methoxy groups -OCH3 is 1. The molecular formula is C52H32O2. The van der Waals surface area contributed by atoms with E-state index in [-0.39, 0.29) is 22.2 Å². The van der Waals surface area contributed by atoms with Crippen LogP contribution in [0.2, 0.25) is 0 Å². The molecule has 3 fully saturated rings. The van der Waals surface area contributed by atoms with Crippen LogP contribution in [0.3, 0.4) is 0 Å². The van der Waals surface area contributed by atoms with E-state index in [0.717, 1.165) is 12.8 Å². The highest BCUT2D eigenvalue weighted by Crippen LogP contribution is 2.96. The molecule has 0 aliphatic heterocycles. The molecule has 3 saturated carbocycles. The lowest BCUT2D eigenvalue weighted by atomic mass is 9.63. The predicted octanol–water partition coefficient (Wildman–Crippen LogP) is 7.57. The zero-order valence-corrected chi connectivity index (χ0v) is 29.7. The van der Waals surface area contributed by atoms with Crippen molar-refractivity contribution in [2.75, 3.05) is 7.11 Å². The molecule has 5 aromatic rings. The van der Waals surface area contributed by atoms with Crippen LogP contribution in [0.15, 0.2) is 102 Å². The normalized spacial score (nSPS) is 40.6. The minimum absolute atomic E-state index is 0.0921. The molecular weight excluding hydrogens is 657 g/mol. The van der Waals surface area contributed by atoms with Gasteiger partial charge >= 0.3 is 5.97 Å². The summed E-state index contributed by atoms with van der Waals surface area (Å²) in [4.78, 5) is 12.9. The van der Waals surface area contributed by atoms with Crippen LogP contribution >= 0.6 is 0 Å². The zero-order chi connectivity index (χ0) is 34.3. The van der Waals surface area contributed by atoms with E-state index in [4.69, 9.17) is 4.74 Å². The van der Waals surface area contributed by atoms with Gasteiger partial charge in [-0.05, 0) is 163 Å². The van der Waals surface area contributed by atoms with E-state index in [1.165, 1.54) is 21.7 Å². The fraction of sp³-hybridized carbons (Fsp3) is 0.288. The van der Waals surface area contributed by atoms with E-state index >= 15 is 0 Å². The molecule has 54 heavy (non-hydrogen) atoms. The standard InChI is InChI=1S/C52H32O2/c1-54-31(53)8-5-19-50(20-6-3-2-4-7-20)51-29-17-18-30-28-16-14-26-24-12-10-22-21-9-11-23-25-13-15-27(29)38-36(25)41-34(23)32(21)40-33(22)35(24)42-37(26)39(28)49(52(30,50)51)47-45(42)43(40)44(41)46(47)48(38)51/h2-4,6-7,9-18,21-23,25,32-34,36H,5,8,19H2,1H3. The number of rotatable bonds is 5. The maximum atomic E-state index is 12.9. The van der Waals surface area contributed by atoms with Gasteiger partial charge in [-0.1, -0.05) is 91.1 Å². The fourth-order valence-corrected chi connectivity index (χ4v) is 18.4. The molecule has 2 nitrogen and oxygen atoms in total. The molecule has 2 heteroatoms. The van der Waals surface area contributed by atoms with Crippen LogP contribution in [0.1, 0.15) is 53.0 Å². The molecule has 0 aromatic heterocycles. The maximum absolute atomic E-state index is 12.9. The highest BCUT2D eigenvalue weighted by Gasteiger charge is 2.94. The molecule has 18 rings (SSSR count). The molecule has 13 aliphatic carbocycles. The smallest absolute Gasteiger partial charge is 0.305 e. The lowest BCUT2D eigenvalue weighted by molar-refractivity contribution is -0.140. The molecule has 0 amide bonds. The van der Waals surface area contributed by atoms with Crippen LogP contribution in [0.25, 0.3) is 60.7 Å². The summed E-state index contributed by atoms with van der Waals surface area (Å²) in [7, 11) is 1.55. The van der Waals surface area contributed by atoms with Gasteiger partial charge in [-0.2, -0.15) is 0 Å². The Kier molecular flexibility index (Phi) is 3.36. The molecule has 252 valence electrons. The predicted molar refractivity (Wildman–Crippen MR) is 211 cm³/mol. The number of hydrogen-bond acceptors (Lipinski definition) is 2. The van der Waals surface area contributed by atoms with E-state index in [1.807, 2.05) is 11.1 Å². The van der Waals surface area contributed by atoms with Gasteiger partial charge in [0.2, 0.25) is 0 Å². The summed E-state index contributed by atoms with van der Waals surface area (Å²) in [6, 6.07) is 16.8. The number of ether oxygens (including phenoxy) is 1. The highest BCUT2D eigenvalue weighted by atomic mass is 16.5. The van der Waals surface area contributed by atoms with Crippen LogP contribution in [0.4, 0.5) is 0 Å².